The molecule has 0 aliphatic carbocycles. The van der Waals surface area contributed by atoms with Crippen molar-refractivity contribution in [3.8, 4) is 0 Å². The highest BCUT2D eigenvalue weighted by Crippen LogP contribution is 2.12. The lowest BCUT2D eigenvalue weighted by Crippen LogP contribution is -2.40. The first kappa shape index (κ1) is 21.6. The van der Waals surface area contributed by atoms with Gasteiger partial charge in [-0.15, -0.1) is 0 Å². The summed E-state index contributed by atoms with van der Waals surface area (Å²) in [5, 5.41) is 9.88. The highest BCUT2D eigenvalue weighted by molar-refractivity contribution is 5.80. The molecule has 10 heteroatoms. The molecule has 0 fully saturated rings. The molecule has 1 aromatic heterocycles. The molecule has 26 heavy (non-hydrogen) atoms. The summed E-state index contributed by atoms with van der Waals surface area (Å²) in [6.07, 6.45) is 5.05. The van der Waals surface area contributed by atoms with Crippen molar-refractivity contribution < 1.29 is 14.8 Å². The van der Waals surface area contributed by atoms with E-state index in [1.807, 2.05) is 18.7 Å². The van der Waals surface area contributed by atoms with E-state index in [2.05, 4.69) is 32.7 Å². The van der Waals surface area contributed by atoms with E-state index >= 15 is 0 Å². The number of hydrazine groups is 1. The summed E-state index contributed by atoms with van der Waals surface area (Å²) in [5.74, 6) is -0.136. The zero-order chi connectivity index (χ0) is 19.4. The molecule has 1 heterocycles. The maximum Gasteiger partial charge on any atom is 0.246 e. The molecule has 0 bridgehead atoms. The molecule has 1 rings (SSSR count). The molecular weight excluding hydrogens is 338 g/mol. The quantitative estimate of drug-likeness (QED) is 0.206. The van der Waals surface area contributed by atoms with Gasteiger partial charge in [-0.3, -0.25) is 25.6 Å². The summed E-state index contributed by atoms with van der Waals surface area (Å²) in [6, 6.07) is 0. The first-order chi connectivity index (χ1) is 12.5. The van der Waals surface area contributed by atoms with Gasteiger partial charge in [-0.25, -0.2) is 10.0 Å². The van der Waals surface area contributed by atoms with Crippen LogP contribution in [0, 0.1) is 5.92 Å². The van der Waals surface area contributed by atoms with Gasteiger partial charge in [0.2, 0.25) is 24.2 Å². The van der Waals surface area contributed by atoms with Crippen molar-refractivity contribution in [2.75, 3.05) is 30.0 Å². The number of rotatable bonds is 13. The van der Waals surface area contributed by atoms with Gasteiger partial charge in [-0.05, 0) is 20.3 Å². The van der Waals surface area contributed by atoms with Crippen LogP contribution in [0.5, 0.6) is 0 Å². The number of hydrogen-bond acceptors (Lipinski definition) is 8. The topological polar surface area (TPSA) is 124 Å². The normalized spacial score (nSPS) is 11.5. The van der Waals surface area contributed by atoms with Crippen LogP contribution in [-0.4, -0.2) is 57.2 Å². The van der Waals surface area contributed by atoms with E-state index in [-0.39, 0.29) is 24.8 Å². The second-order valence-corrected chi connectivity index (χ2v) is 5.82. The van der Waals surface area contributed by atoms with Gasteiger partial charge in [-0.2, -0.15) is 9.97 Å². The third kappa shape index (κ3) is 7.18. The molecule has 1 atom stereocenters. The average Bonchev–Trinajstić information content (AvgIpc) is 2.66. The van der Waals surface area contributed by atoms with E-state index in [1.54, 1.807) is 0 Å². The highest BCUT2D eigenvalue weighted by Gasteiger charge is 2.21. The molecule has 10 nitrogen and oxygen atoms in total. The fourth-order valence-electron chi connectivity index (χ4n) is 2.44. The highest BCUT2D eigenvalue weighted by atomic mass is 16.5. The zero-order valence-electron chi connectivity index (χ0n) is 15.7. The Morgan fingerprint density at radius 2 is 2.00 bits per heavy atom. The van der Waals surface area contributed by atoms with Gasteiger partial charge in [0.05, 0.1) is 12.5 Å². The monoisotopic (exact) mass is 367 g/mol. The Labute approximate surface area is 153 Å². The Morgan fingerprint density at radius 3 is 2.62 bits per heavy atom. The number of carbonyl (C=O) groups excluding carboxylic acids is 2. The molecule has 1 unspecified atom stereocenters. The van der Waals surface area contributed by atoms with Crippen molar-refractivity contribution in [3.05, 3.63) is 6.33 Å². The Balaban J connectivity index is 2.67. The van der Waals surface area contributed by atoms with Crippen molar-refractivity contribution in [2.45, 2.75) is 46.5 Å². The van der Waals surface area contributed by atoms with Crippen molar-refractivity contribution in [1.29, 1.82) is 0 Å². The number of unbranched alkanes of at least 4 members (excludes halogenated alkanes) is 2. The lowest BCUT2D eigenvalue weighted by atomic mass is 10.0. The molecule has 0 saturated heterocycles. The van der Waals surface area contributed by atoms with Crippen LogP contribution in [-0.2, 0) is 9.59 Å². The number of nitrogens with one attached hydrogen (secondary N) is 2. The van der Waals surface area contributed by atoms with Gasteiger partial charge >= 0.3 is 0 Å². The second kappa shape index (κ2) is 12.0. The van der Waals surface area contributed by atoms with Crippen LogP contribution in [0.4, 0.5) is 11.9 Å². The Bertz CT molecular complexity index is 554. The van der Waals surface area contributed by atoms with E-state index in [9.17, 15) is 14.8 Å². The number of amides is 2. The van der Waals surface area contributed by atoms with Gasteiger partial charge in [0, 0.05) is 13.1 Å². The molecule has 1 aromatic rings. The van der Waals surface area contributed by atoms with E-state index < -0.39 is 5.92 Å². The van der Waals surface area contributed by atoms with Crippen LogP contribution >= 0.6 is 0 Å². The molecule has 0 aromatic carbocycles. The van der Waals surface area contributed by atoms with Crippen molar-refractivity contribution in [3.63, 3.8) is 0 Å². The molecule has 0 aliphatic heterocycles. The number of anilines is 2. The van der Waals surface area contributed by atoms with E-state index in [4.69, 9.17) is 0 Å². The standard InChI is InChI=1S/C16H29N7O3/c1-4-7-8-9-13(10-23(26)12-24)14(25)20-21-15-17-11-18-16(19-15)22(5-2)6-3/h11-13,26H,4-10H2,1-3H3,(H,20,25)(H,17,18,19,21). The van der Waals surface area contributed by atoms with Crippen LogP contribution in [0.3, 0.4) is 0 Å². The first-order valence-corrected chi connectivity index (χ1v) is 8.96. The van der Waals surface area contributed by atoms with E-state index in [0.717, 1.165) is 32.4 Å². The molecule has 146 valence electrons. The second-order valence-electron chi connectivity index (χ2n) is 5.82. The molecule has 0 aliphatic rings. The largest absolute Gasteiger partial charge is 0.341 e. The van der Waals surface area contributed by atoms with Crippen LogP contribution in [0.2, 0.25) is 0 Å². The fourth-order valence-corrected chi connectivity index (χ4v) is 2.44. The van der Waals surface area contributed by atoms with Crippen LogP contribution < -0.4 is 15.8 Å². The minimum atomic E-state index is -0.534. The van der Waals surface area contributed by atoms with Crippen LogP contribution in [0.25, 0.3) is 0 Å². The third-order valence-corrected chi connectivity index (χ3v) is 3.96. The Morgan fingerprint density at radius 1 is 1.27 bits per heavy atom. The van der Waals surface area contributed by atoms with E-state index in [1.165, 1.54) is 6.33 Å². The van der Waals surface area contributed by atoms with Gasteiger partial charge in [0.25, 0.3) is 0 Å². The Hall–Kier alpha value is -2.49. The molecule has 0 saturated carbocycles. The van der Waals surface area contributed by atoms with Gasteiger partial charge in [0.15, 0.2) is 0 Å². The van der Waals surface area contributed by atoms with Crippen molar-refractivity contribution in [2.24, 2.45) is 5.92 Å². The number of hydrogen-bond donors (Lipinski definition) is 3. The molecule has 0 spiro atoms. The first-order valence-electron chi connectivity index (χ1n) is 8.96. The van der Waals surface area contributed by atoms with E-state index in [0.29, 0.717) is 17.4 Å². The number of carbonyl (C=O) groups is 2. The third-order valence-electron chi connectivity index (χ3n) is 3.96. The van der Waals surface area contributed by atoms with Gasteiger partial charge < -0.3 is 4.90 Å². The van der Waals surface area contributed by atoms with Gasteiger partial charge in [-0.1, -0.05) is 26.2 Å². The number of hydroxylamine groups is 2. The minimum Gasteiger partial charge on any atom is -0.341 e. The Kier molecular flexibility index (Phi) is 9.91. The van der Waals surface area contributed by atoms with Crippen LogP contribution in [0.1, 0.15) is 46.5 Å². The maximum absolute atomic E-state index is 12.4. The predicted octanol–water partition coefficient (Wildman–Crippen LogP) is 1.21. The fraction of sp³-hybridized carbons (Fsp3) is 0.688. The summed E-state index contributed by atoms with van der Waals surface area (Å²) in [6.45, 7) is 7.50. The summed E-state index contributed by atoms with van der Waals surface area (Å²) in [7, 11) is 0. The zero-order valence-corrected chi connectivity index (χ0v) is 15.7. The maximum atomic E-state index is 12.4. The van der Waals surface area contributed by atoms with Crippen molar-refractivity contribution >= 4 is 24.2 Å². The molecule has 2 amide bonds. The molecular formula is C16H29N7O3. The van der Waals surface area contributed by atoms with Crippen LogP contribution in [0.15, 0.2) is 6.33 Å². The van der Waals surface area contributed by atoms with Gasteiger partial charge in [0.1, 0.15) is 6.33 Å². The number of nitrogens with zero attached hydrogens (tertiary/aromatic N) is 5. The number of aromatic nitrogens is 3. The summed E-state index contributed by atoms with van der Waals surface area (Å²) in [5.41, 5.74) is 5.22. The lowest BCUT2D eigenvalue weighted by Gasteiger charge is -2.20. The predicted molar refractivity (Wildman–Crippen MR) is 97.3 cm³/mol. The molecule has 3 N–H and O–H groups in total. The van der Waals surface area contributed by atoms with Crippen molar-refractivity contribution in [1.82, 2.24) is 25.4 Å². The smallest absolute Gasteiger partial charge is 0.246 e. The average molecular weight is 367 g/mol. The molecule has 0 radical (unpaired) electrons. The summed E-state index contributed by atoms with van der Waals surface area (Å²) < 4.78 is 0. The summed E-state index contributed by atoms with van der Waals surface area (Å²) in [4.78, 5) is 37.3. The SMILES string of the molecule is CCCCCC(CN(O)C=O)C(=O)NNc1ncnc(N(CC)CC)n1. The summed E-state index contributed by atoms with van der Waals surface area (Å²) >= 11 is 0. The minimum absolute atomic E-state index is 0.0668. The lowest BCUT2D eigenvalue weighted by molar-refractivity contribution is -0.154.